The van der Waals surface area contributed by atoms with Crippen LogP contribution in [-0.4, -0.2) is 40.4 Å². The zero-order valence-corrected chi connectivity index (χ0v) is 17.4. The van der Waals surface area contributed by atoms with E-state index in [-0.39, 0.29) is 10.6 Å². The topological polar surface area (TPSA) is 129 Å². The Morgan fingerprint density at radius 2 is 1.66 bits per heavy atom. The monoisotopic (exact) mass is 423 g/mol. The maximum absolute atomic E-state index is 12.5. The van der Waals surface area contributed by atoms with Gasteiger partial charge >= 0.3 is 0 Å². The van der Waals surface area contributed by atoms with Crippen LogP contribution < -0.4 is 19.0 Å². The van der Waals surface area contributed by atoms with Crippen LogP contribution in [-0.2, 0) is 10.0 Å². The SMILES string of the molecule is COc1cc(/C(C)=N/NS(=O)(=O)c2ccc(C)c([N+](=O)[O-])c2)cc(OC)c1OC. The van der Waals surface area contributed by atoms with Crippen molar-refractivity contribution in [3.63, 3.8) is 0 Å². The van der Waals surface area contributed by atoms with Crippen molar-refractivity contribution in [1.29, 1.82) is 0 Å². The summed E-state index contributed by atoms with van der Waals surface area (Å²) in [7, 11) is 0.276. The van der Waals surface area contributed by atoms with Gasteiger partial charge in [0.25, 0.3) is 15.7 Å². The molecule has 0 saturated carbocycles. The highest BCUT2D eigenvalue weighted by molar-refractivity contribution is 7.89. The number of hydrazone groups is 1. The van der Waals surface area contributed by atoms with Gasteiger partial charge in [0.05, 0.1) is 36.9 Å². The lowest BCUT2D eigenvalue weighted by atomic mass is 10.1. The van der Waals surface area contributed by atoms with Gasteiger partial charge in [0, 0.05) is 17.2 Å². The summed E-state index contributed by atoms with van der Waals surface area (Å²) in [5, 5.41) is 15.0. The summed E-state index contributed by atoms with van der Waals surface area (Å²) >= 11 is 0. The third kappa shape index (κ3) is 4.74. The fourth-order valence-corrected chi connectivity index (χ4v) is 3.37. The summed E-state index contributed by atoms with van der Waals surface area (Å²) in [6, 6.07) is 6.86. The molecule has 0 atom stereocenters. The standard InChI is InChI=1S/C18H21N3O7S/c1-11-6-7-14(10-15(11)21(22)23)29(24,25)20-19-12(2)13-8-16(26-3)18(28-5)17(9-13)27-4/h6-10,20H,1-5H3/b19-12+. The lowest BCUT2D eigenvalue weighted by Gasteiger charge is -2.14. The number of ether oxygens (including phenoxy) is 3. The molecular formula is C18H21N3O7S. The minimum atomic E-state index is -4.11. The van der Waals surface area contributed by atoms with Crippen LogP contribution in [0.4, 0.5) is 5.69 Å². The van der Waals surface area contributed by atoms with Gasteiger partial charge in [-0.05, 0) is 32.0 Å². The van der Waals surface area contributed by atoms with Crippen LogP contribution in [0.3, 0.4) is 0 Å². The highest BCUT2D eigenvalue weighted by Crippen LogP contribution is 2.38. The second-order valence-corrected chi connectivity index (χ2v) is 7.57. The molecule has 0 aliphatic rings. The third-order valence-corrected chi connectivity index (χ3v) is 5.31. The number of hydrogen-bond acceptors (Lipinski definition) is 8. The van der Waals surface area contributed by atoms with E-state index in [1.54, 1.807) is 19.1 Å². The molecule has 2 aromatic rings. The zero-order valence-electron chi connectivity index (χ0n) is 16.5. The van der Waals surface area contributed by atoms with Crippen molar-refractivity contribution in [3.05, 3.63) is 51.6 Å². The summed E-state index contributed by atoms with van der Waals surface area (Å²) in [5.41, 5.74) is 0.899. The number of nitro benzene ring substituents is 1. The van der Waals surface area contributed by atoms with E-state index in [4.69, 9.17) is 14.2 Å². The highest BCUT2D eigenvalue weighted by Gasteiger charge is 2.20. The number of nitrogens with one attached hydrogen (secondary N) is 1. The first-order valence-corrected chi connectivity index (χ1v) is 9.74. The van der Waals surface area contributed by atoms with Gasteiger partial charge in [-0.1, -0.05) is 6.07 Å². The first kappa shape index (κ1) is 22.0. The van der Waals surface area contributed by atoms with Crippen LogP contribution in [0.5, 0.6) is 17.2 Å². The Labute approximate surface area is 168 Å². The quantitative estimate of drug-likeness (QED) is 0.392. The number of nitrogens with zero attached hydrogens (tertiary/aromatic N) is 2. The van der Waals surface area contributed by atoms with E-state index in [9.17, 15) is 18.5 Å². The minimum Gasteiger partial charge on any atom is -0.493 e. The summed E-state index contributed by atoms with van der Waals surface area (Å²) in [5.74, 6) is 1.15. The number of hydrogen-bond donors (Lipinski definition) is 1. The molecule has 0 radical (unpaired) electrons. The number of sulfonamides is 1. The van der Waals surface area contributed by atoms with E-state index in [0.29, 0.717) is 34.1 Å². The van der Waals surface area contributed by atoms with Crippen molar-refractivity contribution < 1.29 is 27.6 Å². The second-order valence-electron chi connectivity index (χ2n) is 5.91. The summed E-state index contributed by atoms with van der Waals surface area (Å²) in [6.07, 6.45) is 0. The maximum atomic E-state index is 12.5. The Hall–Kier alpha value is -3.34. The fourth-order valence-electron chi connectivity index (χ4n) is 2.49. The molecule has 10 nitrogen and oxygen atoms in total. The van der Waals surface area contributed by atoms with Crippen LogP contribution in [0.1, 0.15) is 18.1 Å². The molecular weight excluding hydrogens is 402 g/mol. The first-order chi connectivity index (χ1) is 13.6. The number of aryl methyl sites for hydroxylation is 1. The molecule has 0 aliphatic carbocycles. The van der Waals surface area contributed by atoms with Crippen molar-refractivity contribution in [2.24, 2.45) is 5.10 Å². The van der Waals surface area contributed by atoms with Crippen LogP contribution in [0.25, 0.3) is 0 Å². The van der Waals surface area contributed by atoms with Crippen LogP contribution in [0, 0.1) is 17.0 Å². The van der Waals surface area contributed by atoms with Crippen molar-refractivity contribution in [3.8, 4) is 17.2 Å². The molecule has 0 heterocycles. The van der Waals surface area contributed by atoms with E-state index in [2.05, 4.69) is 9.93 Å². The van der Waals surface area contributed by atoms with E-state index >= 15 is 0 Å². The third-order valence-electron chi connectivity index (χ3n) is 4.10. The molecule has 0 aromatic heterocycles. The molecule has 0 spiro atoms. The van der Waals surface area contributed by atoms with Crippen molar-refractivity contribution in [1.82, 2.24) is 4.83 Å². The molecule has 0 saturated heterocycles. The predicted octanol–water partition coefficient (Wildman–Crippen LogP) is 2.63. The molecule has 1 N–H and O–H groups in total. The lowest BCUT2D eigenvalue weighted by Crippen LogP contribution is -2.20. The summed E-state index contributed by atoms with van der Waals surface area (Å²) < 4.78 is 40.8. The Bertz CT molecular complexity index is 1040. The summed E-state index contributed by atoms with van der Waals surface area (Å²) in [6.45, 7) is 3.11. The summed E-state index contributed by atoms with van der Waals surface area (Å²) in [4.78, 5) is 12.2. The molecule has 2 rings (SSSR count). The molecule has 0 amide bonds. The number of rotatable bonds is 8. The molecule has 156 valence electrons. The van der Waals surface area contributed by atoms with Gasteiger partial charge in [0.2, 0.25) is 5.75 Å². The Morgan fingerprint density at radius 1 is 1.07 bits per heavy atom. The molecule has 0 unspecified atom stereocenters. The highest BCUT2D eigenvalue weighted by atomic mass is 32.2. The number of methoxy groups -OCH3 is 3. The largest absolute Gasteiger partial charge is 0.493 e. The molecule has 0 bridgehead atoms. The second kappa shape index (κ2) is 8.78. The molecule has 0 aliphatic heterocycles. The Balaban J connectivity index is 2.38. The molecule has 2 aromatic carbocycles. The molecule has 11 heteroatoms. The van der Waals surface area contributed by atoms with E-state index in [1.807, 2.05) is 0 Å². The average Bonchev–Trinajstić information content (AvgIpc) is 2.70. The average molecular weight is 423 g/mol. The van der Waals surface area contributed by atoms with Gasteiger partial charge in [0.15, 0.2) is 11.5 Å². The number of benzene rings is 2. The maximum Gasteiger partial charge on any atom is 0.276 e. The molecule has 29 heavy (non-hydrogen) atoms. The van der Waals surface area contributed by atoms with Gasteiger partial charge in [-0.3, -0.25) is 10.1 Å². The van der Waals surface area contributed by atoms with Crippen molar-refractivity contribution in [2.45, 2.75) is 18.7 Å². The van der Waals surface area contributed by atoms with Gasteiger partial charge in [-0.15, -0.1) is 0 Å². The van der Waals surface area contributed by atoms with Gasteiger partial charge in [-0.25, -0.2) is 0 Å². The normalized spacial score (nSPS) is 11.7. The predicted molar refractivity (Wildman–Crippen MR) is 106 cm³/mol. The van der Waals surface area contributed by atoms with Crippen LogP contribution >= 0.6 is 0 Å². The van der Waals surface area contributed by atoms with Crippen LogP contribution in [0.15, 0.2) is 40.3 Å². The van der Waals surface area contributed by atoms with Gasteiger partial charge < -0.3 is 14.2 Å². The Kier molecular flexibility index (Phi) is 6.64. The van der Waals surface area contributed by atoms with E-state index in [1.165, 1.54) is 40.4 Å². The van der Waals surface area contributed by atoms with E-state index in [0.717, 1.165) is 6.07 Å². The number of nitro groups is 1. The van der Waals surface area contributed by atoms with E-state index < -0.39 is 14.9 Å². The Morgan fingerprint density at radius 3 is 2.14 bits per heavy atom. The van der Waals surface area contributed by atoms with Crippen LogP contribution in [0.2, 0.25) is 0 Å². The minimum absolute atomic E-state index is 0.267. The fraction of sp³-hybridized carbons (Fsp3) is 0.278. The first-order valence-electron chi connectivity index (χ1n) is 8.26. The lowest BCUT2D eigenvalue weighted by molar-refractivity contribution is -0.385. The van der Waals surface area contributed by atoms with Gasteiger partial charge in [0.1, 0.15) is 0 Å². The molecule has 0 fully saturated rings. The zero-order chi connectivity index (χ0) is 21.8. The van der Waals surface area contributed by atoms with Gasteiger partial charge in [-0.2, -0.15) is 18.4 Å². The smallest absolute Gasteiger partial charge is 0.276 e. The van der Waals surface area contributed by atoms with Crippen molar-refractivity contribution >= 4 is 21.4 Å². The van der Waals surface area contributed by atoms with Crippen molar-refractivity contribution in [2.75, 3.05) is 21.3 Å².